The van der Waals surface area contributed by atoms with Gasteiger partial charge in [-0.15, -0.1) is 11.3 Å². The molecule has 0 amide bonds. The highest BCUT2D eigenvalue weighted by Crippen LogP contribution is 2.31. The summed E-state index contributed by atoms with van der Waals surface area (Å²) in [5.41, 5.74) is 0. The molecule has 1 heterocycles. The van der Waals surface area contributed by atoms with Gasteiger partial charge in [0.05, 0.1) is 0 Å². The Morgan fingerprint density at radius 3 is 3.00 bits per heavy atom. The smallest absolute Gasteiger partial charge is 0.107 e. The van der Waals surface area contributed by atoms with Crippen molar-refractivity contribution in [1.29, 1.82) is 0 Å². The standard InChI is InChI=1S/C12H15BrClNS/c13-11-6-10(16-12(11)14)8-15-7-9-4-2-1-3-5-9/h1-2,6,9,15H,3-5,7-8H2. The number of allylic oxidation sites excluding steroid dienone is 2. The van der Waals surface area contributed by atoms with E-state index in [0.29, 0.717) is 0 Å². The quantitative estimate of drug-likeness (QED) is 0.799. The second-order valence-corrected chi connectivity index (χ2v) is 6.71. The van der Waals surface area contributed by atoms with Crippen molar-refractivity contribution in [2.45, 2.75) is 25.8 Å². The largest absolute Gasteiger partial charge is 0.312 e. The number of thiophene rings is 1. The molecule has 0 radical (unpaired) electrons. The first kappa shape index (κ1) is 12.6. The van der Waals surface area contributed by atoms with Crippen LogP contribution in [0.2, 0.25) is 4.34 Å². The molecule has 1 nitrogen and oxygen atoms in total. The Morgan fingerprint density at radius 1 is 1.50 bits per heavy atom. The van der Waals surface area contributed by atoms with Crippen molar-refractivity contribution in [2.75, 3.05) is 6.54 Å². The summed E-state index contributed by atoms with van der Waals surface area (Å²) in [4.78, 5) is 1.29. The van der Waals surface area contributed by atoms with Crippen LogP contribution >= 0.6 is 38.9 Å². The zero-order valence-corrected chi connectivity index (χ0v) is 12.2. The summed E-state index contributed by atoms with van der Waals surface area (Å²) in [6, 6.07) is 2.10. The van der Waals surface area contributed by atoms with Crippen LogP contribution in [0.25, 0.3) is 0 Å². The van der Waals surface area contributed by atoms with Gasteiger partial charge in [-0.1, -0.05) is 23.8 Å². The molecule has 0 fully saturated rings. The van der Waals surface area contributed by atoms with Crippen LogP contribution in [0.1, 0.15) is 24.1 Å². The van der Waals surface area contributed by atoms with Crippen molar-refractivity contribution in [3.63, 3.8) is 0 Å². The lowest BCUT2D eigenvalue weighted by molar-refractivity contribution is 0.441. The van der Waals surface area contributed by atoms with Crippen molar-refractivity contribution in [1.82, 2.24) is 5.32 Å². The first-order valence-corrected chi connectivity index (χ1v) is 7.54. The molecular weight excluding hydrogens is 306 g/mol. The van der Waals surface area contributed by atoms with Crippen LogP contribution < -0.4 is 5.32 Å². The van der Waals surface area contributed by atoms with Crippen LogP contribution in [-0.2, 0) is 6.54 Å². The molecule has 0 aliphatic heterocycles. The number of nitrogens with one attached hydrogen (secondary N) is 1. The van der Waals surface area contributed by atoms with E-state index in [1.807, 2.05) is 0 Å². The van der Waals surface area contributed by atoms with Gasteiger partial charge in [-0.25, -0.2) is 0 Å². The van der Waals surface area contributed by atoms with E-state index in [9.17, 15) is 0 Å². The summed E-state index contributed by atoms with van der Waals surface area (Å²) in [5.74, 6) is 0.809. The number of halogens is 2. The van der Waals surface area contributed by atoms with E-state index < -0.39 is 0 Å². The zero-order valence-electron chi connectivity index (χ0n) is 9.01. The lowest BCUT2D eigenvalue weighted by atomic mass is 9.94. The highest BCUT2D eigenvalue weighted by molar-refractivity contribution is 9.10. The topological polar surface area (TPSA) is 12.0 Å². The van der Waals surface area contributed by atoms with E-state index in [2.05, 4.69) is 39.5 Å². The Bertz CT molecular complexity index is 356. The summed E-state index contributed by atoms with van der Waals surface area (Å²) in [7, 11) is 0. The van der Waals surface area contributed by atoms with Crippen LogP contribution in [0.5, 0.6) is 0 Å². The second-order valence-electron chi connectivity index (χ2n) is 4.12. The molecule has 0 saturated carbocycles. The van der Waals surface area contributed by atoms with Gasteiger partial charge < -0.3 is 5.32 Å². The van der Waals surface area contributed by atoms with Gasteiger partial charge in [0.2, 0.25) is 0 Å². The molecular formula is C12H15BrClNS. The molecule has 2 rings (SSSR count). The number of rotatable bonds is 4. The summed E-state index contributed by atoms with van der Waals surface area (Å²) >= 11 is 11.1. The van der Waals surface area contributed by atoms with E-state index in [0.717, 1.165) is 27.8 Å². The Labute approximate surface area is 114 Å². The molecule has 1 N–H and O–H groups in total. The van der Waals surface area contributed by atoms with E-state index >= 15 is 0 Å². The molecule has 0 saturated heterocycles. The minimum atomic E-state index is 0.809. The van der Waals surface area contributed by atoms with Gasteiger partial charge in [0.25, 0.3) is 0 Å². The lowest BCUT2D eigenvalue weighted by Gasteiger charge is -2.17. The summed E-state index contributed by atoms with van der Waals surface area (Å²) in [5, 5.41) is 3.51. The minimum absolute atomic E-state index is 0.809. The molecule has 1 aromatic rings. The fourth-order valence-corrected chi connectivity index (χ4v) is 3.68. The van der Waals surface area contributed by atoms with Crippen molar-refractivity contribution < 1.29 is 0 Å². The molecule has 0 aromatic carbocycles. The van der Waals surface area contributed by atoms with Crippen molar-refractivity contribution in [2.24, 2.45) is 5.92 Å². The molecule has 1 aliphatic rings. The summed E-state index contributed by atoms with van der Waals surface area (Å²) < 4.78 is 1.86. The summed E-state index contributed by atoms with van der Waals surface area (Å²) in [6.45, 7) is 2.04. The lowest BCUT2D eigenvalue weighted by Crippen LogP contribution is -2.22. The molecule has 1 unspecified atom stereocenters. The first-order valence-electron chi connectivity index (χ1n) is 5.55. The third-order valence-corrected chi connectivity index (χ3v) is 5.28. The predicted octanol–water partition coefficient (Wildman–Crippen LogP) is 4.61. The highest BCUT2D eigenvalue weighted by atomic mass is 79.9. The molecule has 88 valence electrons. The van der Waals surface area contributed by atoms with Gasteiger partial charge in [0.1, 0.15) is 4.34 Å². The van der Waals surface area contributed by atoms with Crippen molar-refractivity contribution >= 4 is 38.9 Å². The Morgan fingerprint density at radius 2 is 2.38 bits per heavy atom. The van der Waals surface area contributed by atoms with Crippen molar-refractivity contribution in [3.05, 3.63) is 31.9 Å². The van der Waals surface area contributed by atoms with Gasteiger partial charge in [0, 0.05) is 15.9 Å². The normalized spacial score (nSPS) is 20.2. The Kier molecular flexibility index (Phi) is 4.89. The van der Waals surface area contributed by atoms with Crippen LogP contribution in [0, 0.1) is 5.92 Å². The van der Waals surface area contributed by atoms with Crippen LogP contribution in [0.4, 0.5) is 0 Å². The maximum atomic E-state index is 5.99. The number of hydrogen-bond donors (Lipinski definition) is 1. The Hall–Kier alpha value is 0.170. The SMILES string of the molecule is Clc1sc(CNCC2CC=CCC2)cc1Br. The second kappa shape index (κ2) is 6.20. The van der Waals surface area contributed by atoms with Gasteiger partial charge in [-0.05, 0) is 53.7 Å². The molecule has 16 heavy (non-hydrogen) atoms. The highest BCUT2D eigenvalue weighted by Gasteiger charge is 2.09. The molecule has 1 aliphatic carbocycles. The monoisotopic (exact) mass is 319 g/mol. The molecule has 1 aromatic heterocycles. The van der Waals surface area contributed by atoms with E-state index in [-0.39, 0.29) is 0 Å². The molecule has 1 atom stereocenters. The van der Waals surface area contributed by atoms with E-state index in [1.165, 1.54) is 24.1 Å². The maximum absolute atomic E-state index is 5.99. The molecule has 0 bridgehead atoms. The fourth-order valence-electron chi connectivity index (χ4n) is 1.92. The zero-order chi connectivity index (χ0) is 11.4. The van der Waals surface area contributed by atoms with Gasteiger partial charge in [-0.3, -0.25) is 0 Å². The van der Waals surface area contributed by atoms with Crippen LogP contribution in [0.3, 0.4) is 0 Å². The van der Waals surface area contributed by atoms with Gasteiger partial charge in [0.15, 0.2) is 0 Å². The molecule has 4 heteroatoms. The minimum Gasteiger partial charge on any atom is -0.312 e. The van der Waals surface area contributed by atoms with Gasteiger partial charge in [-0.2, -0.15) is 0 Å². The third-order valence-electron chi connectivity index (χ3n) is 2.81. The van der Waals surface area contributed by atoms with E-state index in [1.54, 1.807) is 11.3 Å². The first-order chi connectivity index (χ1) is 7.75. The average molecular weight is 321 g/mol. The van der Waals surface area contributed by atoms with Crippen molar-refractivity contribution in [3.8, 4) is 0 Å². The number of hydrogen-bond acceptors (Lipinski definition) is 2. The van der Waals surface area contributed by atoms with E-state index in [4.69, 9.17) is 11.6 Å². The third kappa shape index (κ3) is 3.59. The maximum Gasteiger partial charge on any atom is 0.107 e. The predicted molar refractivity (Wildman–Crippen MR) is 75.2 cm³/mol. The van der Waals surface area contributed by atoms with Crippen LogP contribution in [0.15, 0.2) is 22.7 Å². The van der Waals surface area contributed by atoms with Crippen LogP contribution in [-0.4, -0.2) is 6.54 Å². The fraction of sp³-hybridized carbons (Fsp3) is 0.500. The van der Waals surface area contributed by atoms with Gasteiger partial charge >= 0.3 is 0 Å². The Balaban J connectivity index is 1.73. The molecule has 0 spiro atoms. The average Bonchev–Trinajstić information content (AvgIpc) is 2.60. The summed E-state index contributed by atoms with van der Waals surface area (Å²) in [6.07, 6.45) is 8.37.